The van der Waals surface area contributed by atoms with Gasteiger partial charge in [-0.1, -0.05) is 72.8 Å². The van der Waals surface area contributed by atoms with Crippen molar-refractivity contribution in [3.63, 3.8) is 0 Å². The van der Waals surface area contributed by atoms with Crippen LogP contribution in [0.3, 0.4) is 0 Å². The SMILES string of the molecule is Br.O=C(COc1ccc(C2CCNCC2Oc2ccc3ccccc3c2)cc1)c1ccccc1. The zero-order valence-corrected chi connectivity index (χ0v) is 20.6. The summed E-state index contributed by atoms with van der Waals surface area (Å²) in [5.74, 6) is 1.86. The number of hydrogen-bond donors (Lipinski definition) is 1. The van der Waals surface area contributed by atoms with E-state index >= 15 is 0 Å². The lowest BCUT2D eigenvalue weighted by Crippen LogP contribution is -2.42. The van der Waals surface area contributed by atoms with E-state index in [1.807, 2.05) is 48.5 Å². The third kappa shape index (κ3) is 5.66. The maximum Gasteiger partial charge on any atom is 0.200 e. The van der Waals surface area contributed by atoms with E-state index in [1.165, 1.54) is 16.3 Å². The van der Waals surface area contributed by atoms with Crippen molar-refractivity contribution >= 4 is 33.5 Å². The summed E-state index contributed by atoms with van der Waals surface area (Å²) in [6, 6.07) is 31.9. The van der Waals surface area contributed by atoms with Crippen molar-refractivity contribution in [3.05, 3.63) is 108 Å². The second-order valence-corrected chi connectivity index (χ2v) is 8.41. The Labute approximate surface area is 210 Å². The number of halogens is 1. The molecular weight excluding hydrogens is 490 g/mol. The van der Waals surface area contributed by atoms with E-state index in [-0.39, 0.29) is 41.4 Å². The van der Waals surface area contributed by atoms with Gasteiger partial charge in [0.2, 0.25) is 0 Å². The Morgan fingerprint density at radius 2 is 1.53 bits per heavy atom. The van der Waals surface area contributed by atoms with Gasteiger partial charge in [0.05, 0.1) is 0 Å². The molecule has 34 heavy (non-hydrogen) atoms. The number of hydrogen-bond acceptors (Lipinski definition) is 4. The van der Waals surface area contributed by atoms with Crippen LogP contribution in [0.2, 0.25) is 0 Å². The van der Waals surface area contributed by atoms with Gasteiger partial charge in [-0.2, -0.15) is 0 Å². The van der Waals surface area contributed by atoms with Crippen molar-refractivity contribution in [2.45, 2.75) is 18.4 Å². The zero-order chi connectivity index (χ0) is 22.5. The topological polar surface area (TPSA) is 47.6 Å². The molecule has 4 aromatic rings. The fraction of sp³-hybridized carbons (Fsp3) is 0.207. The third-order valence-electron chi connectivity index (χ3n) is 6.21. The minimum atomic E-state index is -0.0260. The highest BCUT2D eigenvalue weighted by molar-refractivity contribution is 8.93. The molecule has 1 fully saturated rings. The molecule has 0 aromatic heterocycles. The number of ether oxygens (including phenoxy) is 2. The number of carbonyl (C=O) groups excluding carboxylic acids is 1. The monoisotopic (exact) mass is 517 g/mol. The largest absolute Gasteiger partial charge is 0.488 e. The first-order chi connectivity index (χ1) is 16.3. The normalized spacial score (nSPS) is 17.5. The highest BCUT2D eigenvalue weighted by Gasteiger charge is 2.28. The highest BCUT2D eigenvalue weighted by atomic mass is 79.9. The molecular formula is C29H28BrNO3. The summed E-state index contributed by atoms with van der Waals surface area (Å²) in [4.78, 5) is 12.3. The van der Waals surface area contributed by atoms with Crippen molar-refractivity contribution in [2.24, 2.45) is 0 Å². The summed E-state index contributed by atoms with van der Waals surface area (Å²) in [5, 5.41) is 5.86. The van der Waals surface area contributed by atoms with Gasteiger partial charge in [0.25, 0.3) is 0 Å². The van der Waals surface area contributed by atoms with Crippen LogP contribution in [0.15, 0.2) is 97.1 Å². The molecule has 4 aromatic carbocycles. The van der Waals surface area contributed by atoms with Crippen molar-refractivity contribution in [1.29, 1.82) is 0 Å². The standard InChI is InChI=1S/C29H27NO3.BrH/c31-28(23-7-2-1-3-8-23)20-32-25-13-11-22(12-14-25)27-16-17-30-19-29(27)33-26-15-10-21-6-4-5-9-24(21)18-26;/h1-15,18,27,29-30H,16-17,19-20H2;1H. The minimum Gasteiger partial charge on any atom is -0.488 e. The lowest BCUT2D eigenvalue weighted by atomic mass is 9.87. The molecule has 0 aliphatic carbocycles. The molecule has 1 aliphatic heterocycles. The first-order valence-electron chi connectivity index (χ1n) is 11.4. The van der Waals surface area contributed by atoms with Crippen molar-refractivity contribution in [3.8, 4) is 11.5 Å². The van der Waals surface area contributed by atoms with Gasteiger partial charge in [-0.25, -0.2) is 0 Å². The fourth-order valence-electron chi connectivity index (χ4n) is 4.42. The molecule has 2 unspecified atom stereocenters. The zero-order valence-electron chi connectivity index (χ0n) is 18.9. The number of piperidine rings is 1. The Balaban J connectivity index is 0.00000274. The first kappa shape index (κ1) is 24.0. The van der Waals surface area contributed by atoms with Gasteiger partial charge in [-0.15, -0.1) is 17.0 Å². The maximum absolute atomic E-state index is 12.3. The van der Waals surface area contributed by atoms with E-state index in [4.69, 9.17) is 9.47 Å². The van der Waals surface area contributed by atoms with Crippen LogP contribution in [-0.2, 0) is 0 Å². The van der Waals surface area contributed by atoms with Crippen LogP contribution in [-0.4, -0.2) is 31.6 Å². The number of carbonyl (C=O) groups is 1. The third-order valence-corrected chi connectivity index (χ3v) is 6.21. The van der Waals surface area contributed by atoms with Crippen LogP contribution in [0.1, 0.15) is 28.3 Å². The Bertz CT molecular complexity index is 1230. The van der Waals surface area contributed by atoms with Crippen molar-refractivity contribution in [1.82, 2.24) is 5.32 Å². The number of rotatable bonds is 7. The van der Waals surface area contributed by atoms with Gasteiger partial charge in [0.1, 0.15) is 17.6 Å². The van der Waals surface area contributed by atoms with Gasteiger partial charge in [-0.05, 0) is 53.6 Å². The molecule has 0 bridgehead atoms. The molecule has 1 aliphatic rings. The summed E-state index contributed by atoms with van der Waals surface area (Å²) in [5.41, 5.74) is 1.89. The molecule has 0 spiro atoms. The summed E-state index contributed by atoms with van der Waals surface area (Å²) < 4.78 is 12.2. The molecule has 1 heterocycles. The second-order valence-electron chi connectivity index (χ2n) is 8.41. The molecule has 174 valence electrons. The van der Waals surface area contributed by atoms with E-state index in [0.717, 1.165) is 25.3 Å². The van der Waals surface area contributed by atoms with E-state index < -0.39 is 0 Å². The van der Waals surface area contributed by atoms with Crippen LogP contribution in [0, 0.1) is 0 Å². The van der Waals surface area contributed by atoms with Crippen LogP contribution in [0.25, 0.3) is 10.8 Å². The number of ketones is 1. The van der Waals surface area contributed by atoms with Crippen LogP contribution in [0.4, 0.5) is 0 Å². The van der Waals surface area contributed by atoms with E-state index in [2.05, 4.69) is 53.8 Å². The average molecular weight is 518 g/mol. The number of Topliss-reactive ketones (excluding diaryl/α,β-unsaturated/α-hetero) is 1. The van der Waals surface area contributed by atoms with E-state index in [0.29, 0.717) is 11.3 Å². The lowest BCUT2D eigenvalue weighted by molar-refractivity contribution is 0.0921. The molecule has 1 N–H and O–H groups in total. The fourth-order valence-corrected chi connectivity index (χ4v) is 4.42. The Hall–Kier alpha value is -3.15. The molecule has 5 heteroatoms. The average Bonchev–Trinajstić information content (AvgIpc) is 2.88. The summed E-state index contributed by atoms with van der Waals surface area (Å²) in [7, 11) is 0. The Morgan fingerprint density at radius 3 is 2.32 bits per heavy atom. The smallest absolute Gasteiger partial charge is 0.200 e. The van der Waals surface area contributed by atoms with Gasteiger partial charge >= 0.3 is 0 Å². The van der Waals surface area contributed by atoms with Gasteiger partial charge in [-0.3, -0.25) is 4.79 Å². The molecule has 0 radical (unpaired) electrons. The van der Waals surface area contributed by atoms with Crippen molar-refractivity contribution in [2.75, 3.05) is 19.7 Å². The Kier molecular flexibility index (Phi) is 7.99. The van der Waals surface area contributed by atoms with Crippen LogP contribution in [0.5, 0.6) is 11.5 Å². The summed E-state index contributed by atoms with van der Waals surface area (Å²) >= 11 is 0. The first-order valence-corrected chi connectivity index (χ1v) is 11.4. The predicted molar refractivity (Wildman–Crippen MR) is 142 cm³/mol. The van der Waals surface area contributed by atoms with E-state index in [9.17, 15) is 4.79 Å². The summed E-state index contributed by atoms with van der Waals surface area (Å²) in [6.07, 6.45) is 1.05. The quantitative estimate of drug-likeness (QED) is 0.296. The van der Waals surface area contributed by atoms with Gasteiger partial charge < -0.3 is 14.8 Å². The van der Waals surface area contributed by atoms with Crippen LogP contribution >= 0.6 is 17.0 Å². The minimum absolute atomic E-state index is 0. The lowest BCUT2D eigenvalue weighted by Gasteiger charge is -2.33. The molecule has 5 rings (SSSR count). The molecule has 0 amide bonds. The Morgan fingerprint density at radius 1 is 0.824 bits per heavy atom. The molecule has 2 atom stereocenters. The van der Waals surface area contributed by atoms with Gasteiger partial charge in [0, 0.05) is 18.0 Å². The van der Waals surface area contributed by atoms with E-state index in [1.54, 1.807) is 0 Å². The molecule has 0 saturated carbocycles. The number of benzene rings is 4. The molecule has 4 nitrogen and oxygen atoms in total. The maximum atomic E-state index is 12.3. The van der Waals surface area contributed by atoms with Crippen LogP contribution < -0.4 is 14.8 Å². The predicted octanol–water partition coefficient (Wildman–Crippen LogP) is 6.20. The van der Waals surface area contributed by atoms with Gasteiger partial charge in [0.15, 0.2) is 12.4 Å². The number of nitrogens with one attached hydrogen (secondary N) is 1. The summed E-state index contributed by atoms with van der Waals surface area (Å²) in [6.45, 7) is 1.80. The number of fused-ring (bicyclic) bond motifs is 1. The highest BCUT2D eigenvalue weighted by Crippen LogP contribution is 2.31. The second kappa shape index (κ2) is 11.3. The van der Waals surface area contributed by atoms with Crippen molar-refractivity contribution < 1.29 is 14.3 Å². The molecule has 1 saturated heterocycles.